The fourth-order valence-electron chi connectivity index (χ4n) is 3.39. The summed E-state index contributed by atoms with van der Waals surface area (Å²) in [6, 6.07) is 10.0. The molecule has 0 amide bonds. The SMILES string of the molecule is COCC(C)c1c(N[C@@H](C)C(=O)O)nc2cc(O)ccc2c1-c1ccc(F)cc1. The Hall–Kier alpha value is -3.19. The fourth-order valence-corrected chi connectivity index (χ4v) is 3.39. The lowest BCUT2D eigenvalue weighted by Gasteiger charge is -2.23. The largest absolute Gasteiger partial charge is 0.508 e. The zero-order valence-corrected chi connectivity index (χ0v) is 16.4. The number of aromatic hydroxyl groups is 1. The number of hydrogen-bond acceptors (Lipinski definition) is 5. The summed E-state index contributed by atoms with van der Waals surface area (Å²) in [5, 5.41) is 23.0. The summed E-state index contributed by atoms with van der Waals surface area (Å²) in [4.78, 5) is 16.0. The van der Waals surface area contributed by atoms with Gasteiger partial charge in [-0.1, -0.05) is 19.1 Å². The molecule has 0 aliphatic rings. The van der Waals surface area contributed by atoms with Crippen molar-refractivity contribution in [2.45, 2.75) is 25.8 Å². The molecule has 6 nitrogen and oxygen atoms in total. The van der Waals surface area contributed by atoms with Crippen molar-refractivity contribution in [1.82, 2.24) is 4.98 Å². The summed E-state index contributed by atoms with van der Waals surface area (Å²) in [5.74, 6) is -1.06. The second-order valence-electron chi connectivity index (χ2n) is 7.02. The Labute approximate surface area is 168 Å². The number of ether oxygens (including phenoxy) is 1. The van der Waals surface area contributed by atoms with Gasteiger partial charge in [-0.05, 0) is 42.3 Å². The van der Waals surface area contributed by atoms with Crippen LogP contribution in [0.2, 0.25) is 0 Å². The van der Waals surface area contributed by atoms with Crippen LogP contribution in [-0.2, 0) is 9.53 Å². The topological polar surface area (TPSA) is 91.7 Å². The highest BCUT2D eigenvalue weighted by Gasteiger charge is 2.24. The molecule has 0 radical (unpaired) electrons. The minimum Gasteiger partial charge on any atom is -0.508 e. The molecule has 0 aliphatic heterocycles. The first-order valence-electron chi connectivity index (χ1n) is 9.22. The minimum absolute atomic E-state index is 0.0463. The molecule has 0 fully saturated rings. The van der Waals surface area contributed by atoms with E-state index in [4.69, 9.17) is 4.74 Å². The number of carboxylic acid groups (broad SMARTS) is 1. The molecule has 2 aromatic carbocycles. The quantitative estimate of drug-likeness (QED) is 0.547. The van der Waals surface area contributed by atoms with Gasteiger partial charge in [-0.2, -0.15) is 0 Å². The third kappa shape index (κ3) is 4.30. The summed E-state index contributed by atoms with van der Waals surface area (Å²) in [7, 11) is 1.59. The number of aliphatic carboxylic acids is 1. The summed E-state index contributed by atoms with van der Waals surface area (Å²) in [6.45, 7) is 3.87. The monoisotopic (exact) mass is 398 g/mol. The Morgan fingerprint density at radius 3 is 2.52 bits per heavy atom. The molecular weight excluding hydrogens is 375 g/mol. The molecule has 3 rings (SSSR count). The normalized spacial score (nSPS) is 13.2. The molecule has 2 atom stereocenters. The Kier molecular flexibility index (Phi) is 5.98. The van der Waals surface area contributed by atoms with Gasteiger partial charge >= 0.3 is 5.97 Å². The number of aromatic nitrogens is 1. The van der Waals surface area contributed by atoms with Crippen LogP contribution in [0.4, 0.5) is 10.2 Å². The molecule has 0 saturated carbocycles. The predicted octanol–water partition coefficient (Wildman–Crippen LogP) is 4.38. The number of fused-ring (bicyclic) bond motifs is 1. The number of rotatable bonds is 7. The number of phenolic OH excluding ortho intramolecular Hbond substituents is 1. The Morgan fingerprint density at radius 2 is 1.90 bits per heavy atom. The lowest BCUT2D eigenvalue weighted by Crippen LogP contribution is -2.27. The van der Waals surface area contributed by atoms with E-state index in [0.717, 1.165) is 22.1 Å². The number of carboxylic acids is 1. The van der Waals surface area contributed by atoms with E-state index < -0.39 is 12.0 Å². The van der Waals surface area contributed by atoms with Crippen LogP contribution in [0.5, 0.6) is 5.75 Å². The zero-order chi connectivity index (χ0) is 21.1. The van der Waals surface area contributed by atoms with Gasteiger partial charge in [0.25, 0.3) is 0 Å². The second-order valence-corrected chi connectivity index (χ2v) is 7.02. The highest BCUT2D eigenvalue weighted by molar-refractivity contribution is 5.99. The third-order valence-electron chi connectivity index (χ3n) is 4.77. The van der Waals surface area contributed by atoms with Crippen molar-refractivity contribution in [2.24, 2.45) is 0 Å². The van der Waals surface area contributed by atoms with Gasteiger partial charge in [0.05, 0.1) is 12.1 Å². The maximum atomic E-state index is 13.5. The number of pyridine rings is 1. The molecule has 29 heavy (non-hydrogen) atoms. The van der Waals surface area contributed by atoms with Gasteiger partial charge in [0, 0.05) is 30.0 Å². The van der Waals surface area contributed by atoms with Crippen molar-refractivity contribution in [3.8, 4) is 16.9 Å². The smallest absolute Gasteiger partial charge is 0.325 e. The predicted molar refractivity (Wildman–Crippen MR) is 110 cm³/mol. The fraction of sp³-hybridized carbons (Fsp3) is 0.273. The van der Waals surface area contributed by atoms with Crippen LogP contribution >= 0.6 is 0 Å². The van der Waals surface area contributed by atoms with Crippen molar-refractivity contribution in [3.63, 3.8) is 0 Å². The van der Waals surface area contributed by atoms with E-state index in [1.165, 1.54) is 25.1 Å². The molecule has 3 aromatic rings. The first-order chi connectivity index (χ1) is 13.8. The molecule has 7 heteroatoms. The number of methoxy groups -OCH3 is 1. The van der Waals surface area contributed by atoms with Crippen LogP contribution in [0.15, 0.2) is 42.5 Å². The second kappa shape index (κ2) is 8.45. The highest BCUT2D eigenvalue weighted by atomic mass is 19.1. The van der Waals surface area contributed by atoms with E-state index in [1.54, 1.807) is 31.4 Å². The first kappa shape index (κ1) is 20.5. The number of nitrogens with zero attached hydrogens (tertiary/aromatic N) is 1. The summed E-state index contributed by atoms with van der Waals surface area (Å²) in [6.07, 6.45) is 0. The van der Waals surface area contributed by atoms with Crippen molar-refractivity contribution in [1.29, 1.82) is 0 Å². The van der Waals surface area contributed by atoms with Gasteiger partial charge in [-0.3, -0.25) is 4.79 Å². The summed E-state index contributed by atoms with van der Waals surface area (Å²) >= 11 is 0. The Bertz CT molecular complexity index is 1040. The van der Waals surface area contributed by atoms with Crippen molar-refractivity contribution in [3.05, 3.63) is 53.8 Å². The molecule has 0 spiro atoms. The molecular formula is C22H23FN2O4. The molecule has 0 aliphatic carbocycles. The number of carbonyl (C=O) groups is 1. The number of phenols is 1. The molecule has 152 valence electrons. The molecule has 1 unspecified atom stereocenters. The zero-order valence-electron chi connectivity index (χ0n) is 16.4. The lowest BCUT2D eigenvalue weighted by molar-refractivity contribution is -0.137. The number of halogens is 1. The minimum atomic E-state index is -1.02. The number of nitrogens with one attached hydrogen (secondary N) is 1. The van der Waals surface area contributed by atoms with Crippen LogP contribution in [0.1, 0.15) is 25.3 Å². The van der Waals surface area contributed by atoms with Crippen LogP contribution in [-0.4, -0.2) is 40.9 Å². The van der Waals surface area contributed by atoms with E-state index in [-0.39, 0.29) is 17.5 Å². The van der Waals surface area contributed by atoms with E-state index in [1.807, 2.05) is 6.92 Å². The van der Waals surface area contributed by atoms with Crippen LogP contribution in [0.25, 0.3) is 22.0 Å². The van der Waals surface area contributed by atoms with E-state index in [2.05, 4.69) is 10.3 Å². The highest BCUT2D eigenvalue weighted by Crippen LogP contribution is 2.40. The number of anilines is 1. The van der Waals surface area contributed by atoms with E-state index in [0.29, 0.717) is 17.9 Å². The maximum Gasteiger partial charge on any atom is 0.325 e. The summed E-state index contributed by atoms with van der Waals surface area (Å²) in [5.41, 5.74) is 2.82. The van der Waals surface area contributed by atoms with E-state index >= 15 is 0 Å². The van der Waals surface area contributed by atoms with Crippen molar-refractivity contribution >= 4 is 22.7 Å². The lowest BCUT2D eigenvalue weighted by atomic mass is 9.89. The molecule has 1 heterocycles. The average molecular weight is 398 g/mol. The van der Waals surface area contributed by atoms with Crippen molar-refractivity contribution < 1.29 is 24.1 Å². The van der Waals surface area contributed by atoms with Gasteiger partial charge in [-0.15, -0.1) is 0 Å². The van der Waals surface area contributed by atoms with Crippen LogP contribution < -0.4 is 5.32 Å². The van der Waals surface area contributed by atoms with Gasteiger partial charge in [0.15, 0.2) is 0 Å². The van der Waals surface area contributed by atoms with Gasteiger partial charge in [0.1, 0.15) is 23.4 Å². The number of hydrogen-bond donors (Lipinski definition) is 3. The molecule has 0 bridgehead atoms. The summed E-state index contributed by atoms with van der Waals surface area (Å²) < 4.78 is 18.9. The Morgan fingerprint density at radius 1 is 1.21 bits per heavy atom. The van der Waals surface area contributed by atoms with Crippen molar-refractivity contribution in [2.75, 3.05) is 19.0 Å². The van der Waals surface area contributed by atoms with Crippen LogP contribution in [0, 0.1) is 5.82 Å². The third-order valence-corrected chi connectivity index (χ3v) is 4.77. The van der Waals surface area contributed by atoms with E-state index in [9.17, 15) is 19.4 Å². The Balaban J connectivity index is 2.36. The molecule has 0 saturated heterocycles. The average Bonchev–Trinajstić information content (AvgIpc) is 2.67. The number of benzene rings is 2. The van der Waals surface area contributed by atoms with Gasteiger partial charge < -0.3 is 20.3 Å². The first-order valence-corrected chi connectivity index (χ1v) is 9.22. The maximum absolute atomic E-state index is 13.5. The van der Waals surface area contributed by atoms with Gasteiger partial charge in [-0.25, -0.2) is 9.37 Å². The molecule has 1 aromatic heterocycles. The van der Waals surface area contributed by atoms with Gasteiger partial charge in [0.2, 0.25) is 0 Å². The standard InChI is InChI=1S/C22H23FN2O4/c1-12(11-29-3)19-20(14-4-6-15(23)7-5-14)17-9-8-16(26)10-18(17)25-21(19)24-13(2)22(27)28/h4-10,12-13,26H,11H2,1-3H3,(H,24,25)(H,27,28)/t12?,13-/m0/s1. The molecule has 3 N–H and O–H groups in total. The van der Waals surface area contributed by atoms with Crippen LogP contribution in [0.3, 0.4) is 0 Å².